The summed E-state index contributed by atoms with van der Waals surface area (Å²) in [5.74, 6) is -0.191. The minimum atomic E-state index is -3.42. The number of benzene rings is 1. The van der Waals surface area contributed by atoms with Crippen molar-refractivity contribution < 1.29 is 13.2 Å². The summed E-state index contributed by atoms with van der Waals surface area (Å²) in [5, 5.41) is 7.33. The molecule has 0 radical (unpaired) electrons. The van der Waals surface area contributed by atoms with Crippen LogP contribution in [0.4, 0.5) is 5.69 Å². The Morgan fingerprint density at radius 2 is 2.17 bits per heavy atom. The molecule has 1 aromatic rings. The Hall–Kier alpha value is -1.60. The number of sulfonamides is 1. The number of ether oxygens (including phenoxy) is 1. The monoisotopic (exact) mass is 271 g/mol. The molecule has 0 saturated heterocycles. The second-order valence-corrected chi connectivity index (χ2v) is 5.86. The molecule has 3 N–H and O–H groups in total. The van der Waals surface area contributed by atoms with Crippen LogP contribution >= 0.6 is 0 Å². The van der Waals surface area contributed by atoms with E-state index in [1.165, 1.54) is 18.5 Å². The van der Waals surface area contributed by atoms with Gasteiger partial charge in [-0.15, -0.1) is 0 Å². The second-order valence-electron chi connectivity index (χ2n) is 3.74. The topological polar surface area (TPSA) is 96.5 Å². The molecule has 7 heteroatoms. The lowest BCUT2D eigenvalue weighted by Gasteiger charge is -2.19. The molecule has 0 amide bonds. The van der Waals surface area contributed by atoms with Crippen LogP contribution < -0.4 is 10.0 Å². The predicted octanol–water partition coefficient (Wildman–Crippen LogP) is 0.383. The molecule has 18 heavy (non-hydrogen) atoms. The van der Waals surface area contributed by atoms with Gasteiger partial charge in [0.2, 0.25) is 10.0 Å². The van der Waals surface area contributed by atoms with Crippen LogP contribution in [0.15, 0.2) is 24.3 Å². The van der Waals surface area contributed by atoms with E-state index in [0.717, 1.165) is 0 Å². The van der Waals surface area contributed by atoms with Crippen LogP contribution in [0.3, 0.4) is 0 Å². The summed E-state index contributed by atoms with van der Waals surface area (Å²) in [6.45, 7) is 0.138. The molecular formula is C11H17N3O3S. The maximum atomic E-state index is 11.9. The van der Waals surface area contributed by atoms with Gasteiger partial charge in [0, 0.05) is 19.7 Å². The molecule has 1 rings (SSSR count). The molecule has 0 bridgehead atoms. The lowest BCUT2D eigenvalue weighted by Crippen LogP contribution is -2.30. The van der Waals surface area contributed by atoms with Crippen molar-refractivity contribution in [2.24, 2.45) is 5.73 Å². The highest BCUT2D eigenvalue weighted by Gasteiger charge is 2.18. The van der Waals surface area contributed by atoms with E-state index in [1.54, 1.807) is 24.3 Å². The van der Waals surface area contributed by atoms with Crippen LogP contribution in [0.25, 0.3) is 0 Å². The highest BCUT2D eigenvalue weighted by Crippen LogP contribution is 2.17. The van der Waals surface area contributed by atoms with Crippen LogP contribution in [0, 0.1) is 5.41 Å². The van der Waals surface area contributed by atoms with E-state index in [4.69, 9.17) is 15.9 Å². The fraction of sp³-hybridized carbons (Fsp3) is 0.364. The highest BCUT2D eigenvalue weighted by atomic mass is 32.2. The standard InChI is InChI=1S/C11H17N3O3S/c1-14(18(15,16)7-6-17-2)10-5-3-4-9(8-10)11(12)13/h3-5,8H,6-7H2,1-2H3,(H3,12,13). The summed E-state index contributed by atoms with van der Waals surface area (Å²) in [6, 6.07) is 6.53. The van der Waals surface area contributed by atoms with Gasteiger partial charge in [-0.1, -0.05) is 12.1 Å². The Morgan fingerprint density at radius 3 is 2.72 bits per heavy atom. The number of hydrogen-bond acceptors (Lipinski definition) is 4. The Morgan fingerprint density at radius 1 is 1.50 bits per heavy atom. The zero-order valence-electron chi connectivity index (χ0n) is 10.4. The molecule has 0 aliphatic carbocycles. The van der Waals surface area contributed by atoms with E-state index < -0.39 is 10.0 Å². The summed E-state index contributed by atoms with van der Waals surface area (Å²) < 4.78 is 29.8. The van der Waals surface area contributed by atoms with Crippen LogP contribution in [0.5, 0.6) is 0 Å². The third-order valence-corrected chi connectivity index (χ3v) is 4.21. The van der Waals surface area contributed by atoms with Crippen molar-refractivity contribution in [2.45, 2.75) is 0 Å². The lowest BCUT2D eigenvalue weighted by molar-refractivity contribution is 0.217. The van der Waals surface area contributed by atoms with Gasteiger partial charge < -0.3 is 10.5 Å². The molecule has 0 atom stereocenters. The van der Waals surface area contributed by atoms with Gasteiger partial charge in [-0.3, -0.25) is 9.71 Å². The van der Waals surface area contributed by atoms with Crippen molar-refractivity contribution in [3.8, 4) is 0 Å². The first-order chi connectivity index (χ1) is 8.38. The molecule has 6 nitrogen and oxygen atoms in total. The summed E-state index contributed by atoms with van der Waals surface area (Å²) in [6.07, 6.45) is 0. The number of nitrogen functional groups attached to an aromatic ring is 1. The molecule has 100 valence electrons. The van der Waals surface area contributed by atoms with Crippen molar-refractivity contribution in [3.63, 3.8) is 0 Å². The van der Waals surface area contributed by atoms with Crippen LogP contribution in [-0.2, 0) is 14.8 Å². The van der Waals surface area contributed by atoms with Gasteiger partial charge in [-0.05, 0) is 12.1 Å². The van der Waals surface area contributed by atoms with E-state index in [9.17, 15) is 8.42 Å². The molecule has 1 aromatic carbocycles. The number of nitrogens with two attached hydrogens (primary N) is 1. The first-order valence-electron chi connectivity index (χ1n) is 5.28. The Bertz CT molecular complexity index is 528. The molecule has 0 saturated carbocycles. The summed E-state index contributed by atoms with van der Waals surface area (Å²) in [5.41, 5.74) is 6.33. The van der Waals surface area contributed by atoms with Gasteiger partial charge >= 0.3 is 0 Å². The van der Waals surface area contributed by atoms with Gasteiger partial charge in [-0.2, -0.15) is 0 Å². The highest BCUT2D eigenvalue weighted by molar-refractivity contribution is 7.92. The van der Waals surface area contributed by atoms with E-state index >= 15 is 0 Å². The van der Waals surface area contributed by atoms with Crippen LogP contribution in [0.1, 0.15) is 5.56 Å². The number of rotatable bonds is 6. The SMILES string of the molecule is COCCS(=O)(=O)N(C)c1cccc(C(=N)N)c1. The predicted molar refractivity (Wildman–Crippen MR) is 71.5 cm³/mol. The van der Waals surface area contributed by atoms with Crippen LogP contribution in [0.2, 0.25) is 0 Å². The van der Waals surface area contributed by atoms with E-state index in [-0.39, 0.29) is 18.2 Å². The number of hydrogen-bond donors (Lipinski definition) is 2. The van der Waals surface area contributed by atoms with Crippen molar-refractivity contribution >= 4 is 21.5 Å². The van der Waals surface area contributed by atoms with Gasteiger partial charge in [0.25, 0.3) is 0 Å². The molecular weight excluding hydrogens is 254 g/mol. The van der Waals surface area contributed by atoms with E-state index in [1.807, 2.05) is 0 Å². The third-order valence-electron chi connectivity index (χ3n) is 2.48. The maximum absolute atomic E-state index is 11.9. The van der Waals surface area contributed by atoms with Crippen molar-refractivity contribution in [1.82, 2.24) is 0 Å². The number of amidine groups is 1. The average Bonchev–Trinajstić information content (AvgIpc) is 2.35. The van der Waals surface area contributed by atoms with Crippen molar-refractivity contribution in [3.05, 3.63) is 29.8 Å². The number of nitrogens with zero attached hydrogens (tertiary/aromatic N) is 1. The molecule has 0 fully saturated rings. The molecule has 0 aliphatic heterocycles. The number of anilines is 1. The summed E-state index contributed by atoms with van der Waals surface area (Å²) in [7, 11) is -0.508. The van der Waals surface area contributed by atoms with E-state index in [0.29, 0.717) is 11.3 Å². The van der Waals surface area contributed by atoms with Gasteiger partial charge in [-0.25, -0.2) is 8.42 Å². The summed E-state index contributed by atoms with van der Waals surface area (Å²) >= 11 is 0. The zero-order valence-corrected chi connectivity index (χ0v) is 11.2. The van der Waals surface area contributed by atoms with Crippen molar-refractivity contribution in [1.29, 1.82) is 5.41 Å². The Kier molecular flexibility index (Phi) is 4.69. The lowest BCUT2D eigenvalue weighted by atomic mass is 10.2. The Labute approximate surface area is 107 Å². The van der Waals surface area contributed by atoms with Gasteiger partial charge in [0.15, 0.2) is 0 Å². The first kappa shape index (κ1) is 14.5. The van der Waals surface area contributed by atoms with Crippen LogP contribution in [-0.4, -0.2) is 40.8 Å². The Balaban J connectivity index is 3.00. The minimum absolute atomic E-state index is 0.0930. The zero-order chi connectivity index (χ0) is 13.8. The largest absolute Gasteiger partial charge is 0.384 e. The quantitative estimate of drug-likeness (QED) is 0.577. The smallest absolute Gasteiger partial charge is 0.237 e. The normalized spacial score (nSPS) is 11.2. The third kappa shape index (κ3) is 3.44. The maximum Gasteiger partial charge on any atom is 0.237 e. The minimum Gasteiger partial charge on any atom is -0.384 e. The molecule has 0 aliphatic rings. The number of methoxy groups -OCH3 is 1. The molecule has 0 spiro atoms. The van der Waals surface area contributed by atoms with E-state index in [2.05, 4.69) is 0 Å². The number of nitrogens with one attached hydrogen (secondary N) is 1. The van der Waals surface area contributed by atoms with Crippen molar-refractivity contribution in [2.75, 3.05) is 30.8 Å². The van der Waals surface area contributed by atoms with Gasteiger partial charge in [0.05, 0.1) is 18.0 Å². The molecule has 0 unspecified atom stereocenters. The fourth-order valence-electron chi connectivity index (χ4n) is 1.36. The summed E-state index contributed by atoms with van der Waals surface area (Å²) in [4.78, 5) is 0. The van der Waals surface area contributed by atoms with Gasteiger partial charge in [0.1, 0.15) is 5.84 Å². The average molecular weight is 271 g/mol. The first-order valence-corrected chi connectivity index (χ1v) is 6.89. The molecule has 0 heterocycles. The second kappa shape index (κ2) is 5.83. The fourth-order valence-corrected chi connectivity index (χ4v) is 2.44. The molecule has 0 aromatic heterocycles.